The van der Waals surface area contributed by atoms with Gasteiger partial charge in [0.05, 0.1) is 30.8 Å². The van der Waals surface area contributed by atoms with Crippen molar-refractivity contribution in [1.82, 2.24) is 0 Å². The predicted molar refractivity (Wildman–Crippen MR) is 110 cm³/mol. The van der Waals surface area contributed by atoms with E-state index in [4.69, 9.17) is 9.47 Å². The molecule has 1 atom stereocenters. The van der Waals surface area contributed by atoms with E-state index in [9.17, 15) is 12.8 Å². The second-order valence-electron chi connectivity index (χ2n) is 6.38. The zero-order valence-electron chi connectivity index (χ0n) is 16.4. The Morgan fingerprint density at radius 3 is 2.14 bits per heavy atom. The van der Waals surface area contributed by atoms with Crippen molar-refractivity contribution >= 4 is 15.7 Å². The minimum Gasteiger partial charge on any atom is -0.497 e. The number of sulfonamides is 1. The van der Waals surface area contributed by atoms with Crippen molar-refractivity contribution in [1.29, 1.82) is 0 Å². The van der Waals surface area contributed by atoms with E-state index >= 15 is 0 Å². The van der Waals surface area contributed by atoms with Crippen molar-refractivity contribution in [3.05, 3.63) is 84.2 Å². The van der Waals surface area contributed by atoms with Crippen LogP contribution in [0.4, 0.5) is 10.1 Å². The second kappa shape index (κ2) is 8.53. The summed E-state index contributed by atoms with van der Waals surface area (Å²) in [6.07, 6.45) is 0. The van der Waals surface area contributed by atoms with Crippen LogP contribution in [0.1, 0.15) is 18.5 Å². The molecule has 0 N–H and O–H groups in total. The number of hydrogen-bond acceptors (Lipinski definition) is 4. The van der Waals surface area contributed by atoms with Crippen LogP contribution in [0.3, 0.4) is 0 Å². The Labute approximate surface area is 170 Å². The van der Waals surface area contributed by atoms with Crippen LogP contribution in [0.5, 0.6) is 11.5 Å². The topological polar surface area (TPSA) is 55.8 Å². The van der Waals surface area contributed by atoms with E-state index in [-0.39, 0.29) is 10.5 Å². The van der Waals surface area contributed by atoms with Gasteiger partial charge in [-0.25, -0.2) is 12.8 Å². The molecule has 0 aromatic heterocycles. The molecule has 0 bridgehead atoms. The molecular formula is C22H22FNO4S. The number of halogens is 1. The molecule has 0 amide bonds. The first kappa shape index (κ1) is 20.7. The van der Waals surface area contributed by atoms with Gasteiger partial charge in [-0.05, 0) is 49.4 Å². The molecule has 5 nitrogen and oxygen atoms in total. The third-order valence-corrected chi connectivity index (χ3v) is 6.54. The first-order chi connectivity index (χ1) is 13.9. The minimum absolute atomic E-state index is 0.0734. The predicted octanol–water partition coefficient (Wildman–Crippen LogP) is 4.80. The van der Waals surface area contributed by atoms with Crippen LogP contribution in [-0.4, -0.2) is 22.6 Å². The summed E-state index contributed by atoms with van der Waals surface area (Å²) in [4.78, 5) is 0.0734. The molecule has 7 heteroatoms. The van der Waals surface area contributed by atoms with Gasteiger partial charge in [-0.2, -0.15) is 0 Å². The Morgan fingerprint density at radius 1 is 0.862 bits per heavy atom. The molecule has 0 saturated heterocycles. The fourth-order valence-corrected chi connectivity index (χ4v) is 4.75. The number of rotatable bonds is 7. The van der Waals surface area contributed by atoms with Crippen molar-refractivity contribution < 1.29 is 22.3 Å². The zero-order chi connectivity index (χ0) is 21.0. The minimum atomic E-state index is -4.01. The van der Waals surface area contributed by atoms with E-state index in [1.54, 1.807) is 61.5 Å². The highest BCUT2D eigenvalue weighted by atomic mass is 32.2. The summed E-state index contributed by atoms with van der Waals surface area (Å²) in [6.45, 7) is 1.65. The number of hydrogen-bond donors (Lipinski definition) is 0. The Kier molecular flexibility index (Phi) is 6.08. The quantitative estimate of drug-likeness (QED) is 0.556. The van der Waals surface area contributed by atoms with E-state index < -0.39 is 21.9 Å². The Morgan fingerprint density at radius 2 is 1.52 bits per heavy atom. The average Bonchev–Trinajstić information content (AvgIpc) is 2.74. The van der Waals surface area contributed by atoms with Gasteiger partial charge in [0.1, 0.15) is 17.3 Å². The zero-order valence-corrected chi connectivity index (χ0v) is 17.2. The molecule has 0 heterocycles. The number of benzene rings is 3. The standard InChI is InChI=1S/C22H22FNO4S/c1-16(21-9-4-5-10-22(21)23)24(17-7-6-8-19(15-17)28-3)29(25,26)20-13-11-18(27-2)12-14-20/h4-16H,1-3H3/t16-/m1/s1. The van der Waals surface area contributed by atoms with Gasteiger partial charge in [0.2, 0.25) is 0 Å². The van der Waals surface area contributed by atoms with Crippen molar-refractivity contribution in [2.45, 2.75) is 17.9 Å². The summed E-state index contributed by atoms with van der Waals surface area (Å²) >= 11 is 0. The smallest absolute Gasteiger partial charge is 0.264 e. The van der Waals surface area contributed by atoms with Gasteiger partial charge in [-0.1, -0.05) is 24.3 Å². The number of ether oxygens (including phenoxy) is 2. The molecule has 0 saturated carbocycles. The maximum Gasteiger partial charge on any atom is 0.264 e. The Balaban J connectivity index is 2.17. The van der Waals surface area contributed by atoms with Crippen LogP contribution in [0.25, 0.3) is 0 Å². The second-order valence-corrected chi connectivity index (χ2v) is 8.19. The van der Waals surface area contributed by atoms with Crippen LogP contribution in [0.15, 0.2) is 77.7 Å². The van der Waals surface area contributed by atoms with Crippen LogP contribution in [0, 0.1) is 5.82 Å². The van der Waals surface area contributed by atoms with Gasteiger partial charge in [0.15, 0.2) is 0 Å². The maximum absolute atomic E-state index is 14.5. The van der Waals surface area contributed by atoms with Crippen molar-refractivity contribution in [3.8, 4) is 11.5 Å². The first-order valence-corrected chi connectivity index (χ1v) is 10.4. The average molecular weight is 415 g/mol. The van der Waals surface area contributed by atoms with Gasteiger partial charge in [0, 0.05) is 11.6 Å². The molecule has 0 unspecified atom stereocenters. The number of methoxy groups -OCH3 is 2. The van der Waals surface area contributed by atoms with Crippen molar-refractivity contribution in [3.63, 3.8) is 0 Å². The lowest BCUT2D eigenvalue weighted by Gasteiger charge is -2.31. The third-order valence-electron chi connectivity index (χ3n) is 4.63. The lowest BCUT2D eigenvalue weighted by molar-refractivity contribution is 0.414. The molecule has 0 spiro atoms. The van der Waals surface area contributed by atoms with E-state index in [0.29, 0.717) is 17.2 Å². The fraction of sp³-hybridized carbons (Fsp3) is 0.182. The van der Waals surface area contributed by atoms with Crippen molar-refractivity contribution in [2.24, 2.45) is 0 Å². The lowest BCUT2D eigenvalue weighted by Crippen LogP contribution is -2.34. The maximum atomic E-state index is 14.5. The summed E-state index contributed by atoms with van der Waals surface area (Å²) < 4.78 is 53.2. The molecule has 0 aliphatic heterocycles. The summed E-state index contributed by atoms with van der Waals surface area (Å²) in [7, 11) is -1.00. The van der Waals surface area contributed by atoms with Gasteiger partial charge in [-0.3, -0.25) is 4.31 Å². The number of anilines is 1. The summed E-state index contributed by atoms with van der Waals surface area (Å²) in [5.41, 5.74) is 0.642. The molecule has 3 aromatic carbocycles. The highest BCUT2D eigenvalue weighted by Crippen LogP contribution is 2.36. The Bertz CT molecular complexity index is 1080. The monoisotopic (exact) mass is 415 g/mol. The third kappa shape index (κ3) is 4.19. The molecule has 152 valence electrons. The molecular weight excluding hydrogens is 393 g/mol. The molecule has 0 aliphatic rings. The largest absolute Gasteiger partial charge is 0.497 e. The highest BCUT2D eigenvalue weighted by Gasteiger charge is 2.32. The van der Waals surface area contributed by atoms with Crippen LogP contribution in [-0.2, 0) is 10.0 Å². The SMILES string of the molecule is COc1ccc(S(=O)(=O)N(c2cccc(OC)c2)[C@H](C)c2ccccc2F)cc1. The normalized spacial score (nSPS) is 12.3. The lowest BCUT2D eigenvalue weighted by atomic mass is 10.1. The van der Waals surface area contributed by atoms with Gasteiger partial charge in [0.25, 0.3) is 10.0 Å². The molecule has 0 fully saturated rings. The van der Waals surface area contributed by atoms with Crippen LogP contribution in [0.2, 0.25) is 0 Å². The summed E-state index contributed by atoms with van der Waals surface area (Å²) in [6, 6.07) is 18.1. The van der Waals surface area contributed by atoms with E-state index in [1.165, 1.54) is 36.7 Å². The summed E-state index contributed by atoms with van der Waals surface area (Å²) in [5, 5.41) is 0. The molecule has 29 heavy (non-hydrogen) atoms. The van der Waals surface area contributed by atoms with Crippen LogP contribution < -0.4 is 13.8 Å². The summed E-state index contributed by atoms with van der Waals surface area (Å²) in [5.74, 6) is 0.565. The van der Waals surface area contributed by atoms with Crippen molar-refractivity contribution in [2.75, 3.05) is 18.5 Å². The molecule has 3 rings (SSSR count). The highest BCUT2D eigenvalue weighted by molar-refractivity contribution is 7.92. The molecule has 3 aromatic rings. The van der Waals surface area contributed by atoms with Gasteiger partial charge in [-0.15, -0.1) is 0 Å². The number of nitrogens with zero attached hydrogens (tertiary/aromatic N) is 1. The fourth-order valence-electron chi connectivity index (χ4n) is 3.12. The molecule has 0 radical (unpaired) electrons. The van der Waals surface area contributed by atoms with E-state index in [1.807, 2.05) is 0 Å². The van der Waals surface area contributed by atoms with Gasteiger partial charge >= 0.3 is 0 Å². The molecule has 0 aliphatic carbocycles. The van der Waals surface area contributed by atoms with E-state index in [2.05, 4.69) is 0 Å². The van der Waals surface area contributed by atoms with Crippen LogP contribution >= 0.6 is 0 Å². The van der Waals surface area contributed by atoms with E-state index in [0.717, 1.165) is 0 Å². The van der Waals surface area contributed by atoms with Gasteiger partial charge < -0.3 is 9.47 Å². The first-order valence-electron chi connectivity index (χ1n) is 8.95. The Hall–Kier alpha value is -3.06.